The fourth-order valence-corrected chi connectivity index (χ4v) is 1.94. The third-order valence-corrected chi connectivity index (χ3v) is 3.15. The first-order valence-corrected chi connectivity index (χ1v) is 6.48. The number of primary sulfonamides is 1. The summed E-state index contributed by atoms with van der Waals surface area (Å²) < 4.78 is 27.2. The van der Waals surface area contributed by atoms with Crippen LogP contribution in [-0.2, 0) is 16.6 Å². The number of hydrogen-bond acceptors (Lipinski definition) is 4. The molecular formula is C11H12N2O3S. The van der Waals surface area contributed by atoms with E-state index in [1.54, 1.807) is 24.7 Å². The van der Waals surface area contributed by atoms with E-state index in [1.165, 1.54) is 12.1 Å². The molecule has 1 heterocycles. The van der Waals surface area contributed by atoms with E-state index in [9.17, 15) is 8.42 Å². The molecule has 0 radical (unpaired) electrons. The first kappa shape index (κ1) is 11.7. The maximum atomic E-state index is 11.2. The predicted octanol–water partition coefficient (Wildman–Crippen LogP) is 1.54. The molecule has 2 aromatic rings. The standard InChI is InChI=1S/C11H12N2O3S/c12-17(14,15)11-3-1-2-10(6-11)13-7-9-4-5-16-8-9/h1-6,8,13H,7H2,(H2,12,14,15). The van der Waals surface area contributed by atoms with Crippen molar-refractivity contribution in [1.29, 1.82) is 0 Å². The van der Waals surface area contributed by atoms with Gasteiger partial charge in [-0.3, -0.25) is 0 Å². The summed E-state index contributed by atoms with van der Waals surface area (Å²) in [5.41, 5.74) is 1.67. The van der Waals surface area contributed by atoms with Crippen LogP contribution < -0.4 is 10.5 Å². The Labute approximate surface area is 99.3 Å². The Kier molecular flexibility index (Phi) is 3.16. The molecular weight excluding hydrogens is 240 g/mol. The second-order valence-electron chi connectivity index (χ2n) is 3.56. The van der Waals surface area contributed by atoms with E-state index in [2.05, 4.69) is 5.32 Å². The first-order valence-electron chi connectivity index (χ1n) is 4.93. The van der Waals surface area contributed by atoms with E-state index in [0.29, 0.717) is 12.2 Å². The van der Waals surface area contributed by atoms with Gasteiger partial charge in [-0.1, -0.05) is 6.07 Å². The summed E-state index contributed by atoms with van der Waals surface area (Å²) in [5.74, 6) is 0. The Bertz CT molecular complexity index is 591. The van der Waals surface area contributed by atoms with Crippen molar-refractivity contribution >= 4 is 15.7 Å². The number of nitrogens with one attached hydrogen (secondary N) is 1. The van der Waals surface area contributed by atoms with E-state index in [-0.39, 0.29) is 4.90 Å². The lowest BCUT2D eigenvalue weighted by molar-refractivity contribution is 0.564. The fourth-order valence-electron chi connectivity index (χ4n) is 1.38. The van der Waals surface area contributed by atoms with Crippen molar-refractivity contribution in [3.63, 3.8) is 0 Å². The molecule has 17 heavy (non-hydrogen) atoms. The number of benzene rings is 1. The van der Waals surface area contributed by atoms with Crippen LogP contribution in [0.25, 0.3) is 0 Å². The lowest BCUT2D eigenvalue weighted by Crippen LogP contribution is -2.12. The van der Waals surface area contributed by atoms with Crippen molar-refractivity contribution in [2.24, 2.45) is 5.14 Å². The molecule has 0 fully saturated rings. The minimum Gasteiger partial charge on any atom is -0.472 e. The summed E-state index contributed by atoms with van der Waals surface area (Å²) in [4.78, 5) is 0.0923. The van der Waals surface area contributed by atoms with Crippen LogP contribution in [-0.4, -0.2) is 8.42 Å². The molecule has 0 saturated carbocycles. The van der Waals surface area contributed by atoms with E-state index < -0.39 is 10.0 Å². The molecule has 0 bridgehead atoms. The maximum Gasteiger partial charge on any atom is 0.238 e. The maximum absolute atomic E-state index is 11.2. The number of anilines is 1. The Morgan fingerprint density at radius 3 is 2.76 bits per heavy atom. The Morgan fingerprint density at radius 2 is 2.12 bits per heavy atom. The molecule has 1 aromatic carbocycles. The van der Waals surface area contributed by atoms with Gasteiger partial charge in [-0.05, 0) is 24.3 Å². The highest BCUT2D eigenvalue weighted by Crippen LogP contribution is 2.15. The second-order valence-corrected chi connectivity index (χ2v) is 5.12. The van der Waals surface area contributed by atoms with E-state index in [1.807, 2.05) is 6.07 Å². The number of sulfonamides is 1. The lowest BCUT2D eigenvalue weighted by atomic mass is 10.3. The number of hydrogen-bond donors (Lipinski definition) is 2. The van der Waals surface area contributed by atoms with Gasteiger partial charge >= 0.3 is 0 Å². The molecule has 0 aliphatic carbocycles. The van der Waals surface area contributed by atoms with Crippen molar-refractivity contribution in [3.05, 3.63) is 48.4 Å². The summed E-state index contributed by atoms with van der Waals surface area (Å²) in [6.45, 7) is 0.560. The molecule has 0 aliphatic heterocycles. The molecule has 5 nitrogen and oxygen atoms in total. The molecule has 6 heteroatoms. The van der Waals surface area contributed by atoms with Gasteiger partial charge in [0, 0.05) is 17.8 Å². The van der Waals surface area contributed by atoms with Crippen LogP contribution in [0.3, 0.4) is 0 Å². The Balaban J connectivity index is 2.12. The van der Waals surface area contributed by atoms with Gasteiger partial charge in [0.2, 0.25) is 10.0 Å². The largest absolute Gasteiger partial charge is 0.472 e. The highest BCUT2D eigenvalue weighted by atomic mass is 32.2. The van der Waals surface area contributed by atoms with E-state index >= 15 is 0 Å². The van der Waals surface area contributed by atoms with Crippen LogP contribution in [0.1, 0.15) is 5.56 Å². The van der Waals surface area contributed by atoms with Crippen molar-refractivity contribution < 1.29 is 12.8 Å². The molecule has 2 rings (SSSR count). The third-order valence-electron chi connectivity index (χ3n) is 2.24. The summed E-state index contributed by atoms with van der Waals surface area (Å²) in [7, 11) is -3.66. The normalized spacial score (nSPS) is 11.4. The Morgan fingerprint density at radius 1 is 1.29 bits per heavy atom. The fraction of sp³-hybridized carbons (Fsp3) is 0.0909. The van der Waals surface area contributed by atoms with Gasteiger partial charge in [-0.2, -0.15) is 0 Å². The zero-order chi connectivity index (χ0) is 12.3. The summed E-state index contributed by atoms with van der Waals surface area (Å²) in [6, 6.07) is 8.19. The van der Waals surface area contributed by atoms with Crippen molar-refractivity contribution in [1.82, 2.24) is 0 Å². The van der Waals surface area contributed by atoms with Crippen LogP contribution in [0.5, 0.6) is 0 Å². The van der Waals surface area contributed by atoms with Crippen molar-refractivity contribution in [3.8, 4) is 0 Å². The minimum absolute atomic E-state index is 0.0923. The molecule has 90 valence electrons. The lowest BCUT2D eigenvalue weighted by Gasteiger charge is -2.06. The van der Waals surface area contributed by atoms with Crippen LogP contribution in [0.2, 0.25) is 0 Å². The third kappa shape index (κ3) is 3.08. The highest BCUT2D eigenvalue weighted by Gasteiger charge is 2.07. The Hall–Kier alpha value is -1.79. The molecule has 0 saturated heterocycles. The van der Waals surface area contributed by atoms with Crippen LogP contribution >= 0.6 is 0 Å². The molecule has 0 spiro atoms. The average Bonchev–Trinajstić information content (AvgIpc) is 2.78. The van der Waals surface area contributed by atoms with Crippen molar-refractivity contribution in [2.75, 3.05) is 5.32 Å². The molecule has 3 N–H and O–H groups in total. The topological polar surface area (TPSA) is 85.3 Å². The van der Waals surface area contributed by atoms with Gasteiger partial charge in [0.25, 0.3) is 0 Å². The average molecular weight is 252 g/mol. The monoisotopic (exact) mass is 252 g/mol. The van der Waals surface area contributed by atoms with Gasteiger partial charge in [0.1, 0.15) is 0 Å². The first-order chi connectivity index (χ1) is 8.05. The molecule has 0 atom stereocenters. The zero-order valence-electron chi connectivity index (χ0n) is 8.96. The second kappa shape index (κ2) is 4.60. The zero-order valence-corrected chi connectivity index (χ0v) is 9.78. The van der Waals surface area contributed by atoms with Gasteiger partial charge in [0.05, 0.1) is 17.4 Å². The van der Waals surface area contributed by atoms with Gasteiger partial charge in [0.15, 0.2) is 0 Å². The van der Waals surface area contributed by atoms with E-state index in [4.69, 9.17) is 9.56 Å². The summed E-state index contributed by atoms with van der Waals surface area (Å²) in [5, 5.41) is 8.13. The summed E-state index contributed by atoms with van der Waals surface area (Å²) in [6.07, 6.45) is 3.20. The van der Waals surface area contributed by atoms with Crippen molar-refractivity contribution in [2.45, 2.75) is 11.4 Å². The van der Waals surface area contributed by atoms with Crippen LogP contribution in [0.15, 0.2) is 52.2 Å². The number of rotatable bonds is 4. The number of nitrogens with two attached hydrogens (primary N) is 1. The molecule has 1 aromatic heterocycles. The SMILES string of the molecule is NS(=O)(=O)c1cccc(NCc2ccoc2)c1. The van der Waals surface area contributed by atoms with Gasteiger partial charge in [-0.25, -0.2) is 13.6 Å². The number of furan rings is 1. The highest BCUT2D eigenvalue weighted by molar-refractivity contribution is 7.89. The van der Waals surface area contributed by atoms with Gasteiger partial charge in [-0.15, -0.1) is 0 Å². The van der Waals surface area contributed by atoms with Gasteiger partial charge < -0.3 is 9.73 Å². The minimum atomic E-state index is -3.66. The van der Waals surface area contributed by atoms with Crippen LogP contribution in [0, 0.1) is 0 Å². The molecule has 0 unspecified atom stereocenters. The predicted molar refractivity (Wildman–Crippen MR) is 63.8 cm³/mol. The molecule has 0 aliphatic rings. The quantitative estimate of drug-likeness (QED) is 0.864. The smallest absolute Gasteiger partial charge is 0.238 e. The van der Waals surface area contributed by atoms with E-state index in [0.717, 1.165) is 5.56 Å². The molecule has 0 amide bonds. The van der Waals surface area contributed by atoms with Crippen LogP contribution in [0.4, 0.5) is 5.69 Å². The summed E-state index contributed by atoms with van der Waals surface area (Å²) >= 11 is 0.